The number of nitrogens with one attached hydrogen (secondary N) is 2. The van der Waals surface area contributed by atoms with E-state index in [2.05, 4.69) is 20.8 Å². The first-order valence-corrected chi connectivity index (χ1v) is 11.2. The number of hydrogen-bond acceptors (Lipinski definition) is 5. The van der Waals surface area contributed by atoms with Crippen molar-refractivity contribution in [2.75, 3.05) is 16.4 Å². The highest BCUT2D eigenvalue weighted by molar-refractivity contribution is 7.99. The second-order valence-corrected chi connectivity index (χ2v) is 8.94. The van der Waals surface area contributed by atoms with E-state index in [4.69, 9.17) is 46.4 Å². The predicted molar refractivity (Wildman–Crippen MR) is 126 cm³/mol. The molecule has 12 heteroatoms. The number of amides is 2. The van der Waals surface area contributed by atoms with Crippen molar-refractivity contribution in [1.82, 2.24) is 14.8 Å². The summed E-state index contributed by atoms with van der Waals surface area (Å²) in [5.41, 5.74) is 1.02. The predicted octanol–water partition coefficient (Wildman–Crippen LogP) is 5.34. The Hall–Kier alpha value is -1.97. The summed E-state index contributed by atoms with van der Waals surface area (Å²) in [6, 6.07) is 9.58. The molecule has 0 atom stereocenters. The topological polar surface area (TPSA) is 88.9 Å². The molecule has 3 rings (SSSR count). The van der Waals surface area contributed by atoms with E-state index in [-0.39, 0.29) is 24.0 Å². The van der Waals surface area contributed by atoms with Crippen LogP contribution in [0.25, 0.3) is 0 Å². The molecular weight excluding hydrogens is 504 g/mol. The fourth-order valence-corrected chi connectivity index (χ4v) is 4.05. The van der Waals surface area contributed by atoms with Crippen LogP contribution in [0, 0.1) is 0 Å². The molecule has 2 N–H and O–H groups in total. The third-order valence-electron chi connectivity index (χ3n) is 3.93. The standard InChI is InChI=1S/C19H15Cl4N5O2S/c1-28-16(8-17(29)24-12-2-3-14(22)15(23)7-12)26-27-19(28)31-9-18(30)25-13-5-10(20)4-11(21)6-13/h2-7H,8-9H2,1H3,(H,24,29)(H,25,30). The first-order chi connectivity index (χ1) is 14.7. The van der Waals surface area contributed by atoms with Crippen LogP contribution in [-0.4, -0.2) is 32.3 Å². The number of carbonyl (C=O) groups is 2. The van der Waals surface area contributed by atoms with Gasteiger partial charge < -0.3 is 15.2 Å². The lowest BCUT2D eigenvalue weighted by molar-refractivity contribution is -0.116. The van der Waals surface area contributed by atoms with E-state index in [0.717, 1.165) is 0 Å². The van der Waals surface area contributed by atoms with Crippen molar-refractivity contribution in [3.8, 4) is 0 Å². The monoisotopic (exact) mass is 517 g/mol. The molecule has 3 aromatic rings. The average Bonchev–Trinajstić information content (AvgIpc) is 3.02. The zero-order valence-corrected chi connectivity index (χ0v) is 19.8. The highest BCUT2D eigenvalue weighted by Crippen LogP contribution is 2.25. The van der Waals surface area contributed by atoms with Gasteiger partial charge in [-0.05, 0) is 36.4 Å². The Morgan fingerprint density at radius 2 is 1.58 bits per heavy atom. The van der Waals surface area contributed by atoms with Crippen molar-refractivity contribution < 1.29 is 9.59 Å². The van der Waals surface area contributed by atoms with Gasteiger partial charge >= 0.3 is 0 Å². The lowest BCUT2D eigenvalue weighted by atomic mass is 10.3. The lowest BCUT2D eigenvalue weighted by Crippen LogP contribution is -2.17. The number of hydrogen-bond donors (Lipinski definition) is 2. The molecule has 0 spiro atoms. The molecule has 2 aromatic carbocycles. The van der Waals surface area contributed by atoms with E-state index in [0.29, 0.717) is 42.4 Å². The van der Waals surface area contributed by atoms with Gasteiger partial charge in [0.1, 0.15) is 5.82 Å². The minimum atomic E-state index is -0.291. The normalized spacial score (nSPS) is 10.7. The van der Waals surface area contributed by atoms with Crippen molar-refractivity contribution in [3.63, 3.8) is 0 Å². The number of thioether (sulfide) groups is 1. The summed E-state index contributed by atoms with van der Waals surface area (Å²) in [5, 5.41) is 15.6. The third-order valence-corrected chi connectivity index (χ3v) is 6.12. The summed E-state index contributed by atoms with van der Waals surface area (Å²) in [5.74, 6) is -0.0145. The number of aromatic nitrogens is 3. The molecule has 1 heterocycles. The number of halogens is 4. The fourth-order valence-electron chi connectivity index (χ4n) is 2.50. The smallest absolute Gasteiger partial charge is 0.234 e. The molecule has 0 saturated carbocycles. The van der Waals surface area contributed by atoms with E-state index in [1.54, 1.807) is 48.0 Å². The number of anilines is 2. The molecule has 1 aromatic heterocycles. The summed E-state index contributed by atoms with van der Waals surface area (Å²) in [6.45, 7) is 0. The maximum atomic E-state index is 12.3. The van der Waals surface area contributed by atoms with Crippen LogP contribution < -0.4 is 10.6 Å². The van der Waals surface area contributed by atoms with Gasteiger partial charge in [0.15, 0.2) is 5.16 Å². The number of rotatable bonds is 7. The van der Waals surface area contributed by atoms with Gasteiger partial charge in [-0.1, -0.05) is 58.2 Å². The second kappa shape index (κ2) is 10.6. The minimum absolute atomic E-state index is 0.00246. The van der Waals surface area contributed by atoms with Gasteiger partial charge in [0.05, 0.1) is 22.2 Å². The lowest BCUT2D eigenvalue weighted by Gasteiger charge is -2.07. The van der Waals surface area contributed by atoms with Gasteiger partial charge in [-0.25, -0.2) is 0 Å². The van der Waals surface area contributed by atoms with Gasteiger partial charge in [-0.2, -0.15) is 0 Å². The zero-order chi connectivity index (χ0) is 22.5. The number of nitrogens with zero attached hydrogens (tertiary/aromatic N) is 3. The van der Waals surface area contributed by atoms with Crippen molar-refractivity contribution in [1.29, 1.82) is 0 Å². The molecule has 0 unspecified atom stereocenters. The van der Waals surface area contributed by atoms with Crippen molar-refractivity contribution in [3.05, 3.63) is 62.3 Å². The van der Waals surface area contributed by atoms with E-state index >= 15 is 0 Å². The number of carbonyl (C=O) groups excluding carboxylic acids is 2. The molecule has 0 radical (unpaired) electrons. The molecule has 7 nitrogen and oxygen atoms in total. The van der Waals surface area contributed by atoms with E-state index in [1.165, 1.54) is 11.8 Å². The molecule has 0 aliphatic carbocycles. The summed E-state index contributed by atoms with van der Waals surface area (Å²) < 4.78 is 1.66. The zero-order valence-electron chi connectivity index (χ0n) is 16.0. The quantitative estimate of drug-likeness (QED) is 0.412. The van der Waals surface area contributed by atoms with Gasteiger partial charge in [0.25, 0.3) is 0 Å². The molecule has 0 aliphatic rings. The van der Waals surface area contributed by atoms with Crippen LogP contribution in [0.15, 0.2) is 41.6 Å². The molecular formula is C19H15Cl4N5O2S. The van der Waals surface area contributed by atoms with Crippen LogP contribution in [0.5, 0.6) is 0 Å². The van der Waals surface area contributed by atoms with Crippen LogP contribution in [0.3, 0.4) is 0 Å². The van der Waals surface area contributed by atoms with Crippen LogP contribution in [0.2, 0.25) is 20.1 Å². The van der Waals surface area contributed by atoms with Crippen LogP contribution >= 0.6 is 58.2 Å². The Bertz CT molecular complexity index is 1120. The van der Waals surface area contributed by atoms with E-state index in [9.17, 15) is 9.59 Å². The third kappa shape index (κ3) is 6.75. The van der Waals surface area contributed by atoms with Gasteiger partial charge in [-0.15, -0.1) is 10.2 Å². The first-order valence-electron chi connectivity index (χ1n) is 8.73. The van der Waals surface area contributed by atoms with E-state index < -0.39 is 0 Å². The number of benzene rings is 2. The molecule has 0 fully saturated rings. The van der Waals surface area contributed by atoms with Crippen LogP contribution in [0.4, 0.5) is 11.4 Å². The summed E-state index contributed by atoms with van der Waals surface area (Å²) >= 11 is 24.9. The van der Waals surface area contributed by atoms with Crippen molar-refractivity contribution in [2.45, 2.75) is 11.6 Å². The Morgan fingerprint density at radius 1 is 0.903 bits per heavy atom. The minimum Gasteiger partial charge on any atom is -0.326 e. The summed E-state index contributed by atoms with van der Waals surface area (Å²) in [4.78, 5) is 24.5. The van der Waals surface area contributed by atoms with Crippen molar-refractivity contribution >= 4 is 81.4 Å². The van der Waals surface area contributed by atoms with E-state index in [1.807, 2.05) is 0 Å². The molecule has 0 bridgehead atoms. The largest absolute Gasteiger partial charge is 0.326 e. The summed E-state index contributed by atoms with van der Waals surface area (Å²) in [6.07, 6.45) is -0.00246. The maximum absolute atomic E-state index is 12.3. The second-order valence-electron chi connectivity index (χ2n) is 6.31. The Labute approximate surface area is 202 Å². The van der Waals surface area contributed by atoms with Gasteiger partial charge in [0, 0.05) is 28.5 Å². The highest BCUT2D eigenvalue weighted by atomic mass is 35.5. The molecule has 31 heavy (non-hydrogen) atoms. The molecule has 0 aliphatic heterocycles. The Balaban J connectivity index is 1.55. The first kappa shape index (κ1) is 23.7. The van der Waals surface area contributed by atoms with Crippen molar-refractivity contribution in [2.24, 2.45) is 7.05 Å². The van der Waals surface area contributed by atoms with Crippen LogP contribution in [0.1, 0.15) is 5.82 Å². The SMILES string of the molecule is Cn1c(CC(=O)Nc2ccc(Cl)c(Cl)c2)nnc1SCC(=O)Nc1cc(Cl)cc(Cl)c1. The Morgan fingerprint density at radius 3 is 2.26 bits per heavy atom. The molecule has 162 valence electrons. The highest BCUT2D eigenvalue weighted by Gasteiger charge is 2.15. The Kier molecular flexibility index (Phi) is 8.07. The summed E-state index contributed by atoms with van der Waals surface area (Å²) in [7, 11) is 1.72. The van der Waals surface area contributed by atoms with Crippen LogP contribution in [-0.2, 0) is 23.1 Å². The molecule has 0 saturated heterocycles. The fraction of sp³-hybridized carbons (Fsp3) is 0.158. The molecule has 2 amide bonds. The van der Waals surface area contributed by atoms with Gasteiger partial charge in [0.2, 0.25) is 11.8 Å². The average molecular weight is 519 g/mol. The maximum Gasteiger partial charge on any atom is 0.234 e. The van der Waals surface area contributed by atoms with Gasteiger partial charge in [-0.3, -0.25) is 9.59 Å².